The molecular weight excluding hydrogens is 256 g/mol. The van der Waals surface area contributed by atoms with Gasteiger partial charge in [0.25, 0.3) is 5.91 Å². The highest BCUT2D eigenvalue weighted by molar-refractivity contribution is 5.86. The molecule has 0 saturated carbocycles. The third-order valence-electron chi connectivity index (χ3n) is 2.76. The summed E-state index contributed by atoms with van der Waals surface area (Å²) in [5.74, 6) is 1.22. The van der Waals surface area contributed by atoms with Crippen molar-refractivity contribution in [2.75, 3.05) is 6.61 Å². The Morgan fingerprint density at radius 2 is 1.90 bits per heavy atom. The van der Waals surface area contributed by atoms with Crippen molar-refractivity contribution in [2.45, 2.75) is 26.4 Å². The van der Waals surface area contributed by atoms with Crippen molar-refractivity contribution in [1.29, 1.82) is 0 Å². The topological polar surface area (TPSA) is 53.4 Å². The zero-order chi connectivity index (χ0) is 14.6. The van der Waals surface area contributed by atoms with Crippen molar-refractivity contribution < 1.29 is 14.3 Å². The maximum Gasteiger partial charge on any atom is 0.275 e. The van der Waals surface area contributed by atoms with E-state index in [4.69, 9.17) is 9.47 Å². The molecule has 0 saturated heterocycles. The average Bonchev–Trinajstić information content (AvgIpc) is 2.94. The molecule has 5 heteroatoms. The summed E-state index contributed by atoms with van der Waals surface area (Å²) in [6.07, 6.45) is 4.63. The standard InChI is InChI=1S/C15H18N2O3/c1-4-19-12-5-7-13(8-6-12)20-15(2,3)14(18)17-10-9-16-11-17/h5-11H,4H2,1-3H3. The van der Waals surface area contributed by atoms with E-state index >= 15 is 0 Å². The second-order valence-electron chi connectivity index (χ2n) is 4.79. The van der Waals surface area contributed by atoms with E-state index in [1.54, 1.807) is 38.4 Å². The minimum Gasteiger partial charge on any atom is -0.494 e. The van der Waals surface area contributed by atoms with Crippen molar-refractivity contribution >= 4 is 5.91 Å². The van der Waals surface area contributed by atoms with E-state index in [0.717, 1.165) is 5.75 Å². The molecule has 0 aliphatic heterocycles. The monoisotopic (exact) mass is 274 g/mol. The third-order valence-corrected chi connectivity index (χ3v) is 2.76. The van der Waals surface area contributed by atoms with Gasteiger partial charge in [-0.25, -0.2) is 4.98 Å². The predicted molar refractivity (Wildman–Crippen MR) is 75.2 cm³/mol. The van der Waals surface area contributed by atoms with Crippen molar-refractivity contribution in [1.82, 2.24) is 9.55 Å². The fourth-order valence-corrected chi connectivity index (χ4v) is 1.80. The van der Waals surface area contributed by atoms with Crippen molar-refractivity contribution in [3.63, 3.8) is 0 Å². The number of carbonyl (C=O) groups is 1. The molecule has 0 N–H and O–H groups in total. The summed E-state index contributed by atoms with van der Waals surface area (Å²) >= 11 is 0. The molecule has 0 amide bonds. The zero-order valence-electron chi connectivity index (χ0n) is 11.9. The summed E-state index contributed by atoms with van der Waals surface area (Å²) in [5.41, 5.74) is -0.978. The highest BCUT2D eigenvalue weighted by Crippen LogP contribution is 2.23. The van der Waals surface area contributed by atoms with E-state index < -0.39 is 5.60 Å². The highest BCUT2D eigenvalue weighted by Gasteiger charge is 2.31. The van der Waals surface area contributed by atoms with Gasteiger partial charge in [0.1, 0.15) is 17.8 Å². The Hall–Kier alpha value is -2.30. The fraction of sp³-hybridized carbons (Fsp3) is 0.333. The van der Waals surface area contributed by atoms with Gasteiger partial charge in [0, 0.05) is 12.4 Å². The Bertz CT molecular complexity index is 559. The van der Waals surface area contributed by atoms with Gasteiger partial charge < -0.3 is 9.47 Å². The van der Waals surface area contributed by atoms with Crippen LogP contribution in [0.5, 0.6) is 11.5 Å². The van der Waals surface area contributed by atoms with Gasteiger partial charge in [-0.2, -0.15) is 0 Å². The molecule has 0 bridgehead atoms. The van der Waals surface area contributed by atoms with Gasteiger partial charge in [0.2, 0.25) is 0 Å². The molecule has 5 nitrogen and oxygen atoms in total. The maximum atomic E-state index is 12.3. The summed E-state index contributed by atoms with van der Waals surface area (Å²) in [4.78, 5) is 16.1. The zero-order valence-corrected chi connectivity index (χ0v) is 11.9. The van der Waals surface area contributed by atoms with Crippen molar-refractivity contribution in [3.8, 4) is 11.5 Å². The summed E-state index contributed by atoms with van der Waals surface area (Å²) in [7, 11) is 0. The van der Waals surface area contributed by atoms with Crippen LogP contribution in [-0.2, 0) is 0 Å². The molecule has 0 fully saturated rings. The van der Waals surface area contributed by atoms with Gasteiger partial charge >= 0.3 is 0 Å². The Balaban J connectivity index is 2.09. The number of rotatable bonds is 5. The van der Waals surface area contributed by atoms with E-state index in [9.17, 15) is 4.79 Å². The summed E-state index contributed by atoms with van der Waals surface area (Å²) < 4.78 is 12.5. The normalized spacial score (nSPS) is 11.2. The lowest BCUT2D eigenvalue weighted by Crippen LogP contribution is -2.41. The van der Waals surface area contributed by atoms with Gasteiger partial charge in [-0.1, -0.05) is 0 Å². The maximum absolute atomic E-state index is 12.3. The number of hydrogen-bond acceptors (Lipinski definition) is 4. The van der Waals surface area contributed by atoms with Crippen LogP contribution in [0.2, 0.25) is 0 Å². The Morgan fingerprint density at radius 3 is 2.45 bits per heavy atom. The van der Waals surface area contributed by atoms with Crippen LogP contribution in [0, 0.1) is 0 Å². The Morgan fingerprint density at radius 1 is 1.25 bits per heavy atom. The molecule has 0 aliphatic rings. The van der Waals surface area contributed by atoms with Crippen LogP contribution >= 0.6 is 0 Å². The smallest absolute Gasteiger partial charge is 0.275 e. The quantitative estimate of drug-likeness (QED) is 0.841. The molecule has 1 heterocycles. The van der Waals surface area contributed by atoms with Gasteiger partial charge in [-0.3, -0.25) is 9.36 Å². The van der Waals surface area contributed by atoms with Crippen LogP contribution < -0.4 is 9.47 Å². The van der Waals surface area contributed by atoms with E-state index in [1.165, 1.54) is 10.9 Å². The van der Waals surface area contributed by atoms with E-state index in [0.29, 0.717) is 12.4 Å². The first kappa shape index (κ1) is 14.1. The fourth-order valence-electron chi connectivity index (χ4n) is 1.80. The number of carbonyl (C=O) groups excluding carboxylic acids is 1. The van der Waals surface area contributed by atoms with Crippen molar-refractivity contribution in [3.05, 3.63) is 43.0 Å². The molecule has 0 unspecified atom stereocenters. The lowest BCUT2D eigenvalue weighted by molar-refractivity contribution is 0.0487. The van der Waals surface area contributed by atoms with Gasteiger partial charge in [0.15, 0.2) is 5.60 Å². The predicted octanol–water partition coefficient (Wildman–Crippen LogP) is 2.78. The molecule has 1 aromatic carbocycles. The lowest BCUT2D eigenvalue weighted by Gasteiger charge is -2.25. The number of aromatic nitrogens is 2. The molecule has 20 heavy (non-hydrogen) atoms. The largest absolute Gasteiger partial charge is 0.494 e. The number of hydrogen-bond donors (Lipinski definition) is 0. The van der Waals surface area contributed by atoms with Crippen molar-refractivity contribution in [2.24, 2.45) is 0 Å². The number of ether oxygens (including phenoxy) is 2. The first-order chi connectivity index (χ1) is 9.53. The third kappa shape index (κ3) is 3.17. The molecule has 0 spiro atoms. The molecule has 2 aromatic rings. The summed E-state index contributed by atoms with van der Waals surface area (Å²) in [6.45, 7) is 6.00. The molecule has 0 aliphatic carbocycles. The lowest BCUT2D eigenvalue weighted by atomic mass is 10.1. The molecule has 0 atom stereocenters. The molecule has 106 valence electrons. The SMILES string of the molecule is CCOc1ccc(OC(C)(C)C(=O)n2ccnc2)cc1. The van der Waals surface area contributed by atoms with E-state index in [-0.39, 0.29) is 5.91 Å². The minimum atomic E-state index is -0.978. The summed E-state index contributed by atoms with van der Waals surface area (Å²) in [5, 5.41) is 0. The van der Waals surface area contributed by atoms with E-state index in [1.807, 2.05) is 19.1 Å². The first-order valence-electron chi connectivity index (χ1n) is 6.47. The second kappa shape index (κ2) is 5.77. The van der Waals surface area contributed by atoms with Crippen LogP contribution in [-0.4, -0.2) is 27.7 Å². The van der Waals surface area contributed by atoms with Crippen LogP contribution in [0.3, 0.4) is 0 Å². The molecular formula is C15H18N2O3. The Labute approximate surface area is 118 Å². The number of nitrogens with zero attached hydrogens (tertiary/aromatic N) is 2. The number of imidazole rings is 1. The first-order valence-corrected chi connectivity index (χ1v) is 6.47. The van der Waals surface area contributed by atoms with Gasteiger partial charge in [0.05, 0.1) is 6.61 Å². The van der Waals surface area contributed by atoms with Crippen LogP contribution in [0.4, 0.5) is 0 Å². The van der Waals surface area contributed by atoms with E-state index in [2.05, 4.69) is 4.98 Å². The van der Waals surface area contributed by atoms with Crippen LogP contribution in [0.25, 0.3) is 0 Å². The van der Waals surface area contributed by atoms with Crippen LogP contribution in [0.15, 0.2) is 43.0 Å². The van der Waals surface area contributed by atoms with Crippen LogP contribution in [0.1, 0.15) is 25.6 Å². The Kier molecular flexibility index (Phi) is 4.08. The molecule has 2 rings (SSSR count). The number of benzene rings is 1. The summed E-state index contributed by atoms with van der Waals surface area (Å²) in [6, 6.07) is 7.20. The highest BCUT2D eigenvalue weighted by atomic mass is 16.5. The van der Waals surface area contributed by atoms with Gasteiger partial charge in [-0.05, 0) is 45.0 Å². The van der Waals surface area contributed by atoms with Gasteiger partial charge in [-0.15, -0.1) is 0 Å². The second-order valence-corrected chi connectivity index (χ2v) is 4.79. The molecule has 1 aromatic heterocycles. The molecule has 0 radical (unpaired) electrons. The average molecular weight is 274 g/mol. The minimum absolute atomic E-state index is 0.177.